The third kappa shape index (κ3) is 3.32. The predicted octanol–water partition coefficient (Wildman–Crippen LogP) is 1.67. The highest BCUT2D eigenvalue weighted by Crippen LogP contribution is 2.22. The largest absolute Gasteiger partial charge is 0.448 e. The number of hydrogen-bond acceptors (Lipinski definition) is 4. The minimum absolute atomic E-state index is 0.137. The van der Waals surface area contributed by atoms with Crippen molar-refractivity contribution in [2.45, 2.75) is 38.5 Å². The Balaban J connectivity index is 1.90. The van der Waals surface area contributed by atoms with Crippen LogP contribution in [0.3, 0.4) is 0 Å². The minimum atomic E-state index is -0.137. The van der Waals surface area contributed by atoms with Crippen molar-refractivity contribution < 1.29 is 9.21 Å². The van der Waals surface area contributed by atoms with Crippen LogP contribution in [-0.4, -0.2) is 30.5 Å². The van der Waals surface area contributed by atoms with Crippen LogP contribution in [0.25, 0.3) is 0 Å². The Morgan fingerprint density at radius 2 is 2.56 bits per heavy atom. The summed E-state index contributed by atoms with van der Waals surface area (Å²) in [6.45, 7) is 4.73. The summed E-state index contributed by atoms with van der Waals surface area (Å²) in [5, 5.41) is 6.15. The molecule has 1 fully saturated rings. The summed E-state index contributed by atoms with van der Waals surface area (Å²) in [7, 11) is 0. The van der Waals surface area contributed by atoms with Gasteiger partial charge in [0, 0.05) is 19.0 Å². The fraction of sp³-hybridized carbons (Fsp3) is 0.692. The molecule has 2 heterocycles. The quantitative estimate of drug-likeness (QED) is 0.781. The molecule has 1 aromatic rings. The van der Waals surface area contributed by atoms with Crippen LogP contribution in [0.2, 0.25) is 0 Å². The maximum atomic E-state index is 11.8. The lowest BCUT2D eigenvalue weighted by Crippen LogP contribution is -2.29. The van der Waals surface area contributed by atoms with Gasteiger partial charge in [0.25, 0.3) is 5.91 Å². The van der Waals surface area contributed by atoms with E-state index in [1.807, 2.05) is 0 Å². The first-order valence-corrected chi connectivity index (χ1v) is 6.75. The normalized spacial score (nSPS) is 19.7. The van der Waals surface area contributed by atoms with Crippen molar-refractivity contribution in [3.63, 3.8) is 0 Å². The Morgan fingerprint density at radius 1 is 1.67 bits per heavy atom. The predicted molar refractivity (Wildman–Crippen MR) is 68.6 cm³/mol. The molecular weight excluding hydrogens is 230 g/mol. The second-order valence-corrected chi connectivity index (χ2v) is 4.72. The molecule has 1 aliphatic heterocycles. The molecule has 0 aromatic carbocycles. The Morgan fingerprint density at radius 3 is 3.28 bits per heavy atom. The van der Waals surface area contributed by atoms with Crippen LogP contribution in [0.1, 0.15) is 54.9 Å². The van der Waals surface area contributed by atoms with Gasteiger partial charge in [-0.2, -0.15) is 0 Å². The Labute approximate surface area is 107 Å². The monoisotopic (exact) mass is 251 g/mol. The van der Waals surface area contributed by atoms with Gasteiger partial charge in [-0.1, -0.05) is 13.3 Å². The third-order valence-electron chi connectivity index (χ3n) is 3.22. The van der Waals surface area contributed by atoms with Crippen molar-refractivity contribution in [1.29, 1.82) is 0 Å². The van der Waals surface area contributed by atoms with Gasteiger partial charge in [0.15, 0.2) is 11.6 Å². The van der Waals surface area contributed by atoms with E-state index in [0.29, 0.717) is 24.0 Å². The van der Waals surface area contributed by atoms with E-state index in [2.05, 4.69) is 22.5 Å². The number of unbranched alkanes of at least 4 members (excludes halogenated alkanes) is 1. The maximum absolute atomic E-state index is 11.8. The molecule has 0 aliphatic carbocycles. The summed E-state index contributed by atoms with van der Waals surface area (Å²) in [6, 6.07) is 0. The number of piperidine rings is 1. The van der Waals surface area contributed by atoms with Crippen molar-refractivity contribution in [3.05, 3.63) is 17.8 Å². The molecule has 5 heteroatoms. The highest BCUT2D eigenvalue weighted by molar-refractivity contribution is 5.91. The molecular formula is C13H21N3O2. The van der Waals surface area contributed by atoms with Gasteiger partial charge < -0.3 is 15.1 Å². The molecule has 100 valence electrons. The molecule has 18 heavy (non-hydrogen) atoms. The second kappa shape index (κ2) is 6.54. The van der Waals surface area contributed by atoms with Crippen LogP contribution in [0, 0.1) is 0 Å². The van der Waals surface area contributed by atoms with E-state index in [-0.39, 0.29) is 5.91 Å². The van der Waals surface area contributed by atoms with Crippen LogP contribution in [-0.2, 0) is 0 Å². The smallest absolute Gasteiger partial charge is 0.273 e. The number of aromatic nitrogens is 1. The number of hydrogen-bond donors (Lipinski definition) is 2. The van der Waals surface area contributed by atoms with E-state index < -0.39 is 0 Å². The second-order valence-electron chi connectivity index (χ2n) is 4.72. The van der Waals surface area contributed by atoms with Gasteiger partial charge in [-0.3, -0.25) is 4.79 Å². The first-order valence-electron chi connectivity index (χ1n) is 6.75. The van der Waals surface area contributed by atoms with Gasteiger partial charge in [0.05, 0.1) is 0 Å². The Kier molecular flexibility index (Phi) is 4.75. The molecule has 2 rings (SSSR count). The van der Waals surface area contributed by atoms with Gasteiger partial charge in [0.2, 0.25) is 0 Å². The molecule has 0 spiro atoms. The molecule has 0 bridgehead atoms. The zero-order chi connectivity index (χ0) is 12.8. The molecule has 5 nitrogen and oxygen atoms in total. The van der Waals surface area contributed by atoms with Crippen molar-refractivity contribution in [1.82, 2.24) is 15.6 Å². The lowest BCUT2D eigenvalue weighted by Gasteiger charge is -2.19. The Bertz CT molecular complexity index is 383. The lowest BCUT2D eigenvalue weighted by molar-refractivity contribution is 0.0948. The molecule has 0 radical (unpaired) electrons. The van der Waals surface area contributed by atoms with Gasteiger partial charge in [-0.25, -0.2) is 4.98 Å². The van der Waals surface area contributed by atoms with Crippen molar-refractivity contribution >= 4 is 5.91 Å². The number of nitrogens with zero attached hydrogens (tertiary/aromatic N) is 1. The number of carbonyl (C=O) groups is 1. The average Bonchev–Trinajstić information content (AvgIpc) is 2.89. The molecule has 0 saturated carbocycles. The summed E-state index contributed by atoms with van der Waals surface area (Å²) < 4.78 is 5.42. The summed E-state index contributed by atoms with van der Waals surface area (Å²) in [5.74, 6) is 0.848. The van der Waals surface area contributed by atoms with Crippen LogP contribution in [0.5, 0.6) is 0 Å². The van der Waals surface area contributed by atoms with E-state index in [4.69, 9.17) is 4.42 Å². The average molecular weight is 251 g/mol. The molecule has 1 saturated heterocycles. The van der Waals surface area contributed by atoms with E-state index in [1.165, 1.54) is 6.26 Å². The fourth-order valence-corrected chi connectivity index (χ4v) is 2.11. The minimum Gasteiger partial charge on any atom is -0.448 e. The molecule has 1 aliphatic rings. The van der Waals surface area contributed by atoms with Crippen LogP contribution in [0.4, 0.5) is 0 Å². The van der Waals surface area contributed by atoms with E-state index in [9.17, 15) is 4.79 Å². The molecule has 1 atom stereocenters. The van der Waals surface area contributed by atoms with Crippen LogP contribution < -0.4 is 10.6 Å². The summed E-state index contributed by atoms with van der Waals surface area (Å²) in [4.78, 5) is 16.1. The molecule has 1 unspecified atom stereocenters. The van der Waals surface area contributed by atoms with Gasteiger partial charge >= 0.3 is 0 Å². The van der Waals surface area contributed by atoms with Gasteiger partial charge in [0.1, 0.15) is 6.26 Å². The van der Waals surface area contributed by atoms with E-state index in [1.54, 1.807) is 0 Å². The molecule has 1 aromatic heterocycles. The highest BCUT2D eigenvalue weighted by Gasteiger charge is 2.21. The highest BCUT2D eigenvalue weighted by atomic mass is 16.3. The lowest BCUT2D eigenvalue weighted by atomic mass is 10.00. The summed E-state index contributed by atoms with van der Waals surface area (Å²) in [6.07, 6.45) is 5.72. The standard InChI is InChI=1S/C13H21N3O2/c1-2-3-7-15-12(17)11-9-18-13(16-11)10-5-4-6-14-8-10/h9-10,14H,2-8H2,1H3,(H,15,17). The fourth-order valence-electron chi connectivity index (χ4n) is 2.11. The van der Waals surface area contributed by atoms with Crippen molar-refractivity contribution in [2.75, 3.05) is 19.6 Å². The van der Waals surface area contributed by atoms with E-state index >= 15 is 0 Å². The number of amides is 1. The van der Waals surface area contributed by atoms with Crippen LogP contribution in [0.15, 0.2) is 10.7 Å². The molecule has 2 N–H and O–H groups in total. The maximum Gasteiger partial charge on any atom is 0.273 e. The SMILES string of the molecule is CCCCNC(=O)c1coc(C2CCCNC2)n1. The number of rotatable bonds is 5. The zero-order valence-electron chi connectivity index (χ0n) is 10.9. The first-order chi connectivity index (χ1) is 8.81. The molecule has 1 amide bonds. The van der Waals surface area contributed by atoms with Gasteiger partial charge in [-0.15, -0.1) is 0 Å². The number of nitrogens with one attached hydrogen (secondary N) is 2. The van der Waals surface area contributed by atoms with Crippen molar-refractivity contribution in [3.8, 4) is 0 Å². The zero-order valence-corrected chi connectivity index (χ0v) is 10.9. The Hall–Kier alpha value is -1.36. The van der Waals surface area contributed by atoms with Gasteiger partial charge in [-0.05, 0) is 25.8 Å². The summed E-state index contributed by atoms with van der Waals surface area (Å²) in [5.41, 5.74) is 0.395. The number of oxazole rings is 1. The summed E-state index contributed by atoms with van der Waals surface area (Å²) >= 11 is 0. The van der Waals surface area contributed by atoms with Crippen LogP contribution >= 0.6 is 0 Å². The first kappa shape index (κ1) is 13.1. The van der Waals surface area contributed by atoms with Crippen molar-refractivity contribution in [2.24, 2.45) is 0 Å². The third-order valence-corrected chi connectivity index (χ3v) is 3.22. The number of carbonyl (C=O) groups excluding carboxylic acids is 1. The van der Waals surface area contributed by atoms with E-state index in [0.717, 1.165) is 38.8 Å². The topological polar surface area (TPSA) is 67.2 Å².